The number of nitro benzene ring substituents is 1. The van der Waals surface area contributed by atoms with E-state index in [0.29, 0.717) is 18.7 Å². The van der Waals surface area contributed by atoms with Crippen LogP contribution in [0.3, 0.4) is 0 Å². The van der Waals surface area contributed by atoms with E-state index in [4.69, 9.17) is 4.74 Å². The topological polar surface area (TPSA) is 81.5 Å². The molecule has 0 fully saturated rings. The standard InChI is InChI=1S/C18H20N2O4/c1-13-3-8-17(11-14(13)2)24-12-18(21)19-10-9-15-4-6-16(7-5-15)20(22)23/h3-8,11H,9-10,12H2,1-2H3,(H,19,21). The Hall–Kier alpha value is -2.89. The number of rotatable bonds is 7. The summed E-state index contributed by atoms with van der Waals surface area (Å²) < 4.78 is 5.46. The van der Waals surface area contributed by atoms with Crippen LogP contribution in [-0.2, 0) is 11.2 Å². The molecular formula is C18H20N2O4. The van der Waals surface area contributed by atoms with Crippen molar-refractivity contribution >= 4 is 11.6 Å². The maximum absolute atomic E-state index is 11.8. The average molecular weight is 328 g/mol. The SMILES string of the molecule is Cc1ccc(OCC(=O)NCCc2ccc([N+](=O)[O-])cc2)cc1C. The van der Waals surface area contributed by atoms with Crippen molar-refractivity contribution in [2.75, 3.05) is 13.2 Å². The van der Waals surface area contributed by atoms with Gasteiger partial charge in [0.2, 0.25) is 0 Å². The summed E-state index contributed by atoms with van der Waals surface area (Å²) in [5, 5.41) is 13.3. The third-order valence-electron chi connectivity index (χ3n) is 3.73. The lowest BCUT2D eigenvalue weighted by Crippen LogP contribution is -2.30. The summed E-state index contributed by atoms with van der Waals surface area (Å²) in [6.45, 7) is 4.42. The van der Waals surface area contributed by atoms with Gasteiger partial charge in [0.15, 0.2) is 6.61 Å². The highest BCUT2D eigenvalue weighted by Gasteiger charge is 2.06. The number of amides is 1. The molecule has 2 aromatic rings. The second-order valence-electron chi connectivity index (χ2n) is 5.56. The Morgan fingerprint density at radius 2 is 1.83 bits per heavy atom. The van der Waals surface area contributed by atoms with E-state index in [2.05, 4.69) is 5.32 Å². The highest BCUT2D eigenvalue weighted by molar-refractivity contribution is 5.77. The summed E-state index contributed by atoms with van der Waals surface area (Å²) in [4.78, 5) is 21.9. The van der Waals surface area contributed by atoms with Gasteiger partial charge in [-0.05, 0) is 49.1 Å². The molecule has 0 radical (unpaired) electrons. The predicted molar refractivity (Wildman–Crippen MR) is 91.2 cm³/mol. The zero-order valence-corrected chi connectivity index (χ0v) is 13.7. The van der Waals surface area contributed by atoms with Crippen LogP contribution in [-0.4, -0.2) is 24.0 Å². The number of non-ortho nitro benzene ring substituents is 1. The summed E-state index contributed by atoms with van der Waals surface area (Å²) in [7, 11) is 0. The normalized spacial score (nSPS) is 10.2. The maximum Gasteiger partial charge on any atom is 0.269 e. The van der Waals surface area contributed by atoms with E-state index in [1.165, 1.54) is 17.7 Å². The van der Waals surface area contributed by atoms with E-state index in [-0.39, 0.29) is 18.2 Å². The van der Waals surface area contributed by atoms with E-state index in [1.807, 2.05) is 32.0 Å². The minimum absolute atomic E-state index is 0.0389. The van der Waals surface area contributed by atoms with Gasteiger partial charge in [-0.3, -0.25) is 14.9 Å². The van der Waals surface area contributed by atoms with Crippen LogP contribution in [0.15, 0.2) is 42.5 Å². The van der Waals surface area contributed by atoms with Gasteiger partial charge in [0, 0.05) is 18.7 Å². The molecule has 24 heavy (non-hydrogen) atoms. The quantitative estimate of drug-likeness (QED) is 0.626. The molecule has 126 valence electrons. The van der Waals surface area contributed by atoms with Crippen LogP contribution < -0.4 is 10.1 Å². The molecule has 0 saturated heterocycles. The largest absolute Gasteiger partial charge is 0.484 e. The second kappa shape index (κ2) is 8.10. The van der Waals surface area contributed by atoms with Crippen molar-refractivity contribution in [3.05, 3.63) is 69.3 Å². The molecular weight excluding hydrogens is 308 g/mol. The van der Waals surface area contributed by atoms with Gasteiger partial charge in [-0.2, -0.15) is 0 Å². The van der Waals surface area contributed by atoms with Crippen molar-refractivity contribution in [1.82, 2.24) is 5.32 Å². The summed E-state index contributed by atoms with van der Waals surface area (Å²) in [5.74, 6) is 0.471. The van der Waals surface area contributed by atoms with Crippen LogP contribution >= 0.6 is 0 Å². The molecule has 2 rings (SSSR count). The van der Waals surface area contributed by atoms with Crippen LogP contribution in [0.5, 0.6) is 5.75 Å². The molecule has 6 nitrogen and oxygen atoms in total. The minimum Gasteiger partial charge on any atom is -0.484 e. The molecule has 0 bridgehead atoms. The molecule has 0 aliphatic carbocycles. The summed E-state index contributed by atoms with van der Waals surface area (Å²) in [5.41, 5.74) is 3.28. The Bertz CT molecular complexity index is 726. The number of carbonyl (C=O) groups is 1. The monoisotopic (exact) mass is 328 g/mol. The Balaban J connectivity index is 1.73. The first-order valence-electron chi connectivity index (χ1n) is 7.66. The first kappa shape index (κ1) is 17.5. The van der Waals surface area contributed by atoms with Crippen LogP contribution in [0.2, 0.25) is 0 Å². The number of nitrogens with one attached hydrogen (secondary N) is 1. The molecule has 1 amide bonds. The van der Waals surface area contributed by atoms with Gasteiger partial charge in [0.25, 0.3) is 11.6 Å². The number of benzene rings is 2. The summed E-state index contributed by atoms with van der Waals surface area (Å²) in [6, 6.07) is 12.0. The fourth-order valence-corrected chi connectivity index (χ4v) is 2.13. The molecule has 0 aliphatic rings. The minimum atomic E-state index is -0.435. The van der Waals surface area contributed by atoms with Crippen LogP contribution in [0.4, 0.5) is 5.69 Å². The van der Waals surface area contributed by atoms with Gasteiger partial charge >= 0.3 is 0 Å². The fourth-order valence-electron chi connectivity index (χ4n) is 2.13. The zero-order chi connectivity index (χ0) is 17.5. The molecule has 0 spiro atoms. The van der Waals surface area contributed by atoms with Crippen molar-refractivity contribution in [3.8, 4) is 5.75 Å². The van der Waals surface area contributed by atoms with Crippen LogP contribution in [0.1, 0.15) is 16.7 Å². The third-order valence-corrected chi connectivity index (χ3v) is 3.73. The first-order chi connectivity index (χ1) is 11.5. The number of aryl methyl sites for hydroxylation is 2. The van der Waals surface area contributed by atoms with Crippen molar-refractivity contribution in [3.63, 3.8) is 0 Å². The number of nitro groups is 1. The van der Waals surface area contributed by atoms with Crippen molar-refractivity contribution in [2.45, 2.75) is 20.3 Å². The Morgan fingerprint density at radius 3 is 2.46 bits per heavy atom. The number of nitrogens with zero attached hydrogens (tertiary/aromatic N) is 1. The second-order valence-corrected chi connectivity index (χ2v) is 5.56. The summed E-state index contributed by atoms with van der Waals surface area (Å²) >= 11 is 0. The Kier molecular flexibility index (Phi) is 5.89. The van der Waals surface area contributed by atoms with Gasteiger partial charge < -0.3 is 10.1 Å². The molecule has 0 atom stereocenters. The zero-order valence-electron chi connectivity index (χ0n) is 13.7. The molecule has 2 aromatic carbocycles. The van der Waals surface area contributed by atoms with Gasteiger partial charge in [0.1, 0.15) is 5.75 Å². The van der Waals surface area contributed by atoms with Gasteiger partial charge in [-0.25, -0.2) is 0 Å². The Morgan fingerprint density at radius 1 is 1.12 bits per heavy atom. The predicted octanol–water partition coefficient (Wildman–Crippen LogP) is 2.95. The molecule has 0 saturated carbocycles. The fraction of sp³-hybridized carbons (Fsp3) is 0.278. The molecule has 0 aliphatic heterocycles. The van der Waals surface area contributed by atoms with Gasteiger partial charge in [-0.15, -0.1) is 0 Å². The number of carbonyl (C=O) groups excluding carboxylic acids is 1. The van der Waals surface area contributed by atoms with Gasteiger partial charge in [-0.1, -0.05) is 18.2 Å². The molecule has 0 aromatic heterocycles. The van der Waals surface area contributed by atoms with E-state index in [9.17, 15) is 14.9 Å². The Labute approximate surface area is 140 Å². The van der Waals surface area contributed by atoms with Crippen LogP contribution in [0.25, 0.3) is 0 Å². The lowest BCUT2D eigenvalue weighted by molar-refractivity contribution is -0.384. The van der Waals surface area contributed by atoms with Crippen molar-refractivity contribution in [2.24, 2.45) is 0 Å². The van der Waals surface area contributed by atoms with Crippen molar-refractivity contribution in [1.29, 1.82) is 0 Å². The molecule has 0 heterocycles. The lowest BCUT2D eigenvalue weighted by atomic mass is 10.1. The molecule has 1 N–H and O–H groups in total. The number of hydrogen-bond acceptors (Lipinski definition) is 4. The van der Waals surface area contributed by atoms with E-state index < -0.39 is 4.92 Å². The highest BCUT2D eigenvalue weighted by Crippen LogP contribution is 2.16. The highest BCUT2D eigenvalue weighted by atomic mass is 16.6. The average Bonchev–Trinajstić information content (AvgIpc) is 2.56. The maximum atomic E-state index is 11.8. The van der Waals surface area contributed by atoms with E-state index in [0.717, 1.165) is 11.1 Å². The molecule has 6 heteroatoms. The van der Waals surface area contributed by atoms with E-state index >= 15 is 0 Å². The third kappa shape index (κ3) is 5.08. The first-order valence-corrected chi connectivity index (χ1v) is 7.66. The number of ether oxygens (including phenoxy) is 1. The van der Waals surface area contributed by atoms with Crippen LogP contribution in [0, 0.1) is 24.0 Å². The lowest BCUT2D eigenvalue weighted by Gasteiger charge is -2.09. The molecule has 0 unspecified atom stereocenters. The van der Waals surface area contributed by atoms with Crippen molar-refractivity contribution < 1.29 is 14.5 Å². The summed E-state index contributed by atoms with van der Waals surface area (Å²) in [6.07, 6.45) is 0.605. The van der Waals surface area contributed by atoms with Gasteiger partial charge in [0.05, 0.1) is 4.92 Å². The van der Waals surface area contributed by atoms with E-state index in [1.54, 1.807) is 12.1 Å². The number of hydrogen-bond donors (Lipinski definition) is 1. The smallest absolute Gasteiger partial charge is 0.269 e.